The molecule has 0 bridgehead atoms. The van der Waals surface area contributed by atoms with Gasteiger partial charge in [0, 0.05) is 38.6 Å². The minimum atomic E-state index is -0.162. The summed E-state index contributed by atoms with van der Waals surface area (Å²) < 4.78 is 0. The van der Waals surface area contributed by atoms with Crippen molar-refractivity contribution in [3.8, 4) is 0 Å². The molecule has 2 unspecified atom stereocenters. The highest BCUT2D eigenvalue weighted by atomic mass is 16.2. The average Bonchev–Trinajstić information content (AvgIpc) is 3.36. The lowest BCUT2D eigenvalue weighted by Gasteiger charge is -2.30. The van der Waals surface area contributed by atoms with Gasteiger partial charge >= 0.3 is 0 Å². The monoisotopic (exact) mass is 329 g/mol. The van der Waals surface area contributed by atoms with E-state index in [1.807, 2.05) is 48.2 Å². The molecule has 0 aromatic heterocycles. The highest BCUT2D eigenvalue weighted by Crippen LogP contribution is 2.41. The number of benzene rings is 1. The lowest BCUT2D eigenvalue weighted by molar-refractivity contribution is -0.135. The molecule has 5 heteroatoms. The molecule has 1 N–H and O–H groups in total. The topological polar surface area (TPSA) is 52.7 Å². The molecule has 1 heterocycles. The predicted octanol–water partition coefficient (Wildman–Crippen LogP) is 2.59. The molecule has 24 heavy (non-hydrogen) atoms. The molecule has 2 fully saturated rings. The van der Waals surface area contributed by atoms with Gasteiger partial charge in [-0.2, -0.15) is 0 Å². The first kappa shape index (κ1) is 16.8. The third-order valence-electron chi connectivity index (χ3n) is 5.19. The average molecular weight is 329 g/mol. The second-order valence-corrected chi connectivity index (χ2v) is 7.39. The van der Waals surface area contributed by atoms with E-state index in [0.717, 1.165) is 37.3 Å². The van der Waals surface area contributed by atoms with Crippen molar-refractivity contribution in [3.63, 3.8) is 0 Å². The lowest BCUT2D eigenvalue weighted by atomic mass is 9.99. The predicted molar refractivity (Wildman–Crippen MR) is 96.0 cm³/mol. The van der Waals surface area contributed by atoms with Gasteiger partial charge in [0.05, 0.1) is 11.8 Å². The Kier molecular flexibility index (Phi) is 4.78. The summed E-state index contributed by atoms with van der Waals surface area (Å²) >= 11 is 0. The van der Waals surface area contributed by atoms with E-state index in [2.05, 4.69) is 12.2 Å². The molecule has 2 amide bonds. The van der Waals surface area contributed by atoms with Gasteiger partial charge in [-0.25, -0.2) is 0 Å². The summed E-state index contributed by atoms with van der Waals surface area (Å²) in [6.07, 6.45) is 2.84. The molecule has 2 atom stereocenters. The fourth-order valence-electron chi connectivity index (χ4n) is 3.30. The van der Waals surface area contributed by atoms with Crippen LogP contribution in [0.25, 0.3) is 0 Å². The van der Waals surface area contributed by atoms with Crippen LogP contribution in [-0.4, -0.2) is 43.9 Å². The summed E-state index contributed by atoms with van der Waals surface area (Å²) in [5.41, 5.74) is 1.88. The maximum absolute atomic E-state index is 12.5. The van der Waals surface area contributed by atoms with Gasteiger partial charge in [-0.1, -0.05) is 6.92 Å². The van der Waals surface area contributed by atoms with E-state index in [1.54, 1.807) is 0 Å². The van der Waals surface area contributed by atoms with Crippen molar-refractivity contribution in [2.24, 2.45) is 17.8 Å². The highest BCUT2D eigenvalue weighted by Gasteiger charge is 2.49. The van der Waals surface area contributed by atoms with E-state index in [9.17, 15) is 9.59 Å². The largest absolute Gasteiger partial charge is 0.378 e. The molecule has 1 aliphatic heterocycles. The number of carbonyl (C=O) groups excluding carboxylic acids is 2. The Morgan fingerprint density at radius 2 is 1.71 bits per heavy atom. The van der Waals surface area contributed by atoms with Crippen molar-refractivity contribution in [2.75, 3.05) is 37.4 Å². The Balaban J connectivity index is 1.51. The zero-order valence-corrected chi connectivity index (χ0v) is 14.8. The lowest BCUT2D eigenvalue weighted by Crippen LogP contribution is -2.39. The first-order valence-corrected chi connectivity index (χ1v) is 8.82. The number of hydrogen-bond acceptors (Lipinski definition) is 3. The molecule has 2 aliphatic rings. The molecule has 1 saturated carbocycles. The number of piperidine rings is 1. The van der Waals surface area contributed by atoms with Crippen LogP contribution in [0.5, 0.6) is 0 Å². The Hall–Kier alpha value is -2.04. The molecule has 0 radical (unpaired) electrons. The number of nitrogens with zero attached hydrogens (tertiary/aromatic N) is 2. The first-order valence-electron chi connectivity index (χ1n) is 8.82. The summed E-state index contributed by atoms with van der Waals surface area (Å²) in [7, 11) is 3.96. The third-order valence-corrected chi connectivity index (χ3v) is 5.19. The van der Waals surface area contributed by atoms with Crippen LogP contribution < -0.4 is 10.2 Å². The van der Waals surface area contributed by atoms with Crippen molar-refractivity contribution >= 4 is 23.2 Å². The van der Waals surface area contributed by atoms with Crippen LogP contribution in [0.2, 0.25) is 0 Å². The van der Waals surface area contributed by atoms with Crippen LogP contribution in [0.4, 0.5) is 11.4 Å². The molecule has 1 aromatic rings. The van der Waals surface area contributed by atoms with Crippen molar-refractivity contribution < 1.29 is 9.59 Å². The molecule has 1 aromatic carbocycles. The molecule has 5 nitrogen and oxygen atoms in total. The Bertz CT molecular complexity index is 604. The molecule has 3 rings (SSSR count). The zero-order valence-electron chi connectivity index (χ0n) is 14.8. The second-order valence-electron chi connectivity index (χ2n) is 7.39. The van der Waals surface area contributed by atoms with Crippen molar-refractivity contribution in [2.45, 2.75) is 26.2 Å². The van der Waals surface area contributed by atoms with Crippen molar-refractivity contribution in [3.05, 3.63) is 24.3 Å². The maximum atomic E-state index is 12.5. The van der Waals surface area contributed by atoms with E-state index < -0.39 is 0 Å². The minimum Gasteiger partial charge on any atom is -0.378 e. The number of nitrogens with one attached hydrogen (secondary N) is 1. The SMILES string of the molecule is CC1CCN(C(=O)C2CC2C(=O)Nc2ccc(N(C)C)cc2)CC1. The smallest absolute Gasteiger partial charge is 0.228 e. The maximum Gasteiger partial charge on any atom is 0.228 e. The summed E-state index contributed by atoms with van der Waals surface area (Å²) in [5.74, 6) is 0.573. The van der Waals surface area contributed by atoms with Gasteiger partial charge in [0.25, 0.3) is 0 Å². The van der Waals surface area contributed by atoms with Crippen LogP contribution in [0.15, 0.2) is 24.3 Å². The second kappa shape index (κ2) is 6.83. The Labute approximate surface area is 144 Å². The van der Waals surface area contributed by atoms with Gasteiger partial charge in [0.15, 0.2) is 0 Å². The van der Waals surface area contributed by atoms with Gasteiger partial charge in [0.2, 0.25) is 11.8 Å². The van der Waals surface area contributed by atoms with Crippen LogP contribution in [0, 0.1) is 17.8 Å². The van der Waals surface area contributed by atoms with Crippen molar-refractivity contribution in [1.82, 2.24) is 4.90 Å². The van der Waals surface area contributed by atoms with Crippen LogP contribution in [0.3, 0.4) is 0 Å². The van der Waals surface area contributed by atoms with Crippen LogP contribution in [0.1, 0.15) is 26.2 Å². The van der Waals surface area contributed by atoms with E-state index in [1.165, 1.54) is 0 Å². The molecule has 1 saturated heterocycles. The van der Waals surface area contributed by atoms with Gasteiger partial charge in [-0.15, -0.1) is 0 Å². The summed E-state index contributed by atoms with van der Waals surface area (Å²) in [6, 6.07) is 7.75. The zero-order chi connectivity index (χ0) is 17.3. The van der Waals surface area contributed by atoms with Crippen molar-refractivity contribution in [1.29, 1.82) is 0 Å². The van der Waals surface area contributed by atoms with E-state index in [-0.39, 0.29) is 23.7 Å². The highest BCUT2D eigenvalue weighted by molar-refractivity contribution is 5.99. The fourth-order valence-corrected chi connectivity index (χ4v) is 3.30. The number of anilines is 2. The van der Waals surface area contributed by atoms with Crippen LogP contribution >= 0.6 is 0 Å². The van der Waals surface area contributed by atoms with Gasteiger partial charge < -0.3 is 15.1 Å². The van der Waals surface area contributed by atoms with Gasteiger partial charge in [-0.3, -0.25) is 9.59 Å². The number of hydrogen-bond donors (Lipinski definition) is 1. The third kappa shape index (κ3) is 3.71. The molecular weight excluding hydrogens is 302 g/mol. The number of carbonyl (C=O) groups is 2. The van der Waals surface area contributed by atoms with Gasteiger partial charge in [0.1, 0.15) is 0 Å². The molecule has 0 spiro atoms. The quantitative estimate of drug-likeness (QED) is 0.924. The number of rotatable bonds is 4. The Morgan fingerprint density at radius 3 is 2.29 bits per heavy atom. The standard InChI is InChI=1S/C19H27N3O2/c1-13-8-10-22(11-9-13)19(24)17-12-16(17)18(23)20-14-4-6-15(7-5-14)21(2)3/h4-7,13,16-17H,8-12H2,1-3H3,(H,20,23). The minimum absolute atomic E-state index is 0.0312. The summed E-state index contributed by atoms with van der Waals surface area (Å²) in [6.45, 7) is 3.92. The molecule has 1 aliphatic carbocycles. The first-order chi connectivity index (χ1) is 11.5. The Morgan fingerprint density at radius 1 is 1.08 bits per heavy atom. The van der Waals surface area contributed by atoms with Gasteiger partial charge in [-0.05, 0) is 49.4 Å². The summed E-state index contributed by atoms with van der Waals surface area (Å²) in [4.78, 5) is 28.8. The van der Waals surface area contributed by atoms with E-state index in [4.69, 9.17) is 0 Å². The summed E-state index contributed by atoms with van der Waals surface area (Å²) in [5, 5.41) is 2.94. The normalized spacial score (nSPS) is 23.7. The number of likely N-dealkylation sites (tertiary alicyclic amines) is 1. The molecule has 130 valence electrons. The fraction of sp³-hybridized carbons (Fsp3) is 0.579. The number of amides is 2. The van der Waals surface area contributed by atoms with E-state index >= 15 is 0 Å². The van der Waals surface area contributed by atoms with E-state index in [0.29, 0.717) is 12.3 Å². The molecular formula is C19H27N3O2. The van der Waals surface area contributed by atoms with Crippen LogP contribution in [-0.2, 0) is 9.59 Å².